The van der Waals surface area contributed by atoms with Gasteiger partial charge in [0.05, 0.1) is 12.7 Å². The van der Waals surface area contributed by atoms with E-state index in [1.807, 2.05) is 0 Å². The summed E-state index contributed by atoms with van der Waals surface area (Å²) in [6, 6.07) is 0. The zero-order valence-corrected chi connectivity index (χ0v) is 8.72. The van der Waals surface area contributed by atoms with Crippen LogP contribution < -0.4 is 0 Å². The lowest BCUT2D eigenvalue weighted by Crippen LogP contribution is -2.52. The first-order valence-electron chi connectivity index (χ1n) is 4.85. The first-order valence-corrected chi connectivity index (χ1v) is 4.85. The smallest absolute Gasteiger partial charge is 0.111 e. The maximum absolute atomic E-state index is 9.36. The normalized spacial score (nSPS) is 23.2. The van der Waals surface area contributed by atoms with Crippen LogP contribution in [0.15, 0.2) is 0 Å². The molecule has 7 heteroatoms. The Labute approximate surface area is 93.2 Å². The minimum Gasteiger partial charge on any atom is -0.394 e. The van der Waals surface area contributed by atoms with Crippen molar-refractivity contribution >= 4 is 0 Å². The third kappa shape index (κ3) is 3.95. The van der Waals surface area contributed by atoms with E-state index in [0.29, 0.717) is 0 Å². The summed E-state index contributed by atoms with van der Waals surface area (Å²) >= 11 is 0. The lowest BCUT2D eigenvalue weighted by molar-refractivity contribution is -0.157. The number of hydrogen-bond donors (Lipinski definition) is 7. The van der Waals surface area contributed by atoms with E-state index < -0.39 is 43.2 Å². The molecule has 2 unspecified atom stereocenters. The van der Waals surface area contributed by atoms with Gasteiger partial charge in [-0.15, -0.1) is 0 Å². The van der Waals surface area contributed by atoms with E-state index >= 15 is 0 Å². The molecule has 0 aromatic carbocycles. The zero-order chi connectivity index (χ0) is 12.9. The first-order chi connectivity index (χ1) is 7.36. The van der Waals surface area contributed by atoms with E-state index in [1.165, 1.54) is 0 Å². The van der Waals surface area contributed by atoms with Gasteiger partial charge < -0.3 is 35.7 Å². The second-order valence-electron chi connectivity index (χ2n) is 3.57. The van der Waals surface area contributed by atoms with Crippen LogP contribution in [0.4, 0.5) is 0 Å². The fraction of sp³-hybridized carbons (Fsp3) is 0.889. The average Bonchev–Trinajstić information content (AvgIpc) is 2.32. The quantitative estimate of drug-likeness (QED) is 0.243. The molecule has 0 aromatic heterocycles. The first kappa shape index (κ1) is 15.7. The van der Waals surface area contributed by atoms with Crippen LogP contribution in [0.3, 0.4) is 0 Å². The van der Waals surface area contributed by atoms with Crippen molar-refractivity contribution in [2.45, 2.75) is 43.0 Å². The Bertz CT molecular complexity index is 169. The van der Waals surface area contributed by atoms with Gasteiger partial charge in [-0.05, 0) is 6.42 Å². The summed E-state index contributed by atoms with van der Waals surface area (Å²) in [5.74, 6) is 0. The van der Waals surface area contributed by atoms with Gasteiger partial charge in [0.25, 0.3) is 0 Å². The van der Waals surface area contributed by atoms with Gasteiger partial charge in [-0.3, -0.25) is 0 Å². The molecule has 0 aliphatic heterocycles. The van der Waals surface area contributed by atoms with Gasteiger partial charge in [0.2, 0.25) is 0 Å². The lowest BCUT2D eigenvalue weighted by atomic mass is 9.96. The maximum Gasteiger partial charge on any atom is 0.111 e. The minimum atomic E-state index is -1.89. The molecule has 16 heavy (non-hydrogen) atoms. The molecule has 0 aliphatic rings. The van der Waals surface area contributed by atoms with Crippen LogP contribution in [0.5, 0.6) is 0 Å². The van der Waals surface area contributed by atoms with Crippen LogP contribution in [-0.2, 0) is 0 Å². The van der Waals surface area contributed by atoms with Gasteiger partial charge in [-0.25, -0.2) is 0 Å². The van der Waals surface area contributed by atoms with Crippen LogP contribution in [0, 0.1) is 6.92 Å². The van der Waals surface area contributed by atoms with Crippen LogP contribution in [0.25, 0.3) is 0 Å². The molecule has 1 radical (unpaired) electrons. The second kappa shape index (κ2) is 7.13. The summed E-state index contributed by atoms with van der Waals surface area (Å²) in [5.41, 5.74) is 0. The van der Waals surface area contributed by atoms with Crippen molar-refractivity contribution in [3.05, 3.63) is 6.92 Å². The number of rotatable bonds is 7. The second-order valence-corrected chi connectivity index (χ2v) is 3.57. The van der Waals surface area contributed by atoms with Gasteiger partial charge >= 0.3 is 0 Å². The van der Waals surface area contributed by atoms with Crippen LogP contribution in [-0.4, -0.2) is 79.0 Å². The largest absolute Gasteiger partial charge is 0.394 e. The molecule has 7 nitrogen and oxygen atoms in total. The molecule has 0 aromatic rings. The van der Waals surface area contributed by atoms with Gasteiger partial charge in [0.15, 0.2) is 0 Å². The summed E-state index contributed by atoms with van der Waals surface area (Å²) in [6.45, 7) is 2.48. The monoisotopic (exact) mass is 239 g/mol. The van der Waals surface area contributed by atoms with Crippen LogP contribution in [0.2, 0.25) is 0 Å². The van der Waals surface area contributed by atoms with Crippen molar-refractivity contribution in [2.24, 2.45) is 0 Å². The Hall–Kier alpha value is -0.280. The predicted molar refractivity (Wildman–Crippen MR) is 53.1 cm³/mol. The fourth-order valence-corrected chi connectivity index (χ4v) is 1.14. The van der Waals surface area contributed by atoms with Gasteiger partial charge in [-0.2, -0.15) is 0 Å². The molecular weight excluding hydrogens is 220 g/mol. The molecule has 0 fully saturated rings. The van der Waals surface area contributed by atoms with Crippen molar-refractivity contribution < 1.29 is 35.7 Å². The molecule has 0 bridgehead atoms. The van der Waals surface area contributed by atoms with E-state index in [2.05, 4.69) is 6.92 Å². The minimum absolute atomic E-state index is 0.0937. The number of aliphatic hydroxyl groups excluding tert-OH is 7. The SMILES string of the molecule is [CH2]CC(O)C(O)[C@@H](O)[C@@H](O)[C@H](O)[C@H](O)CO. The summed E-state index contributed by atoms with van der Waals surface area (Å²) in [4.78, 5) is 0. The van der Waals surface area contributed by atoms with Crippen molar-refractivity contribution in [2.75, 3.05) is 6.61 Å². The lowest BCUT2D eigenvalue weighted by Gasteiger charge is -2.30. The molecule has 0 heterocycles. The Morgan fingerprint density at radius 3 is 1.38 bits per heavy atom. The Morgan fingerprint density at radius 2 is 1.06 bits per heavy atom. The highest BCUT2D eigenvalue weighted by Crippen LogP contribution is 2.12. The highest BCUT2D eigenvalue weighted by atomic mass is 16.4. The van der Waals surface area contributed by atoms with E-state index in [-0.39, 0.29) is 6.42 Å². The molecule has 0 spiro atoms. The molecule has 97 valence electrons. The van der Waals surface area contributed by atoms with Crippen molar-refractivity contribution in [3.63, 3.8) is 0 Å². The standard InChI is InChI=1S/C9H19O7/c1-2-4(11)6(13)8(15)9(16)7(14)5(12)3-10/h4-16H,1-3H2/t4?,5-,6?,7-,8-,9+/m1/s1. The maximum atomic E-state index is 9.36. The summed E-state index contributed by atoms with van der Waals surface area (Å²) in [7, 11) is 0. The van der Waals surface area contributed by atoms with Gasteiger partial charge in [0, 0.05) is 0 Å². The van der Waals surface area contributed by atoms with Crippen LogP contribution in [0.1, 0.15) is 6.42 Å². The predicted octanol–water partition coefficient (Wildman–Crippen LogP) is -3.63. The van der Waals surface area contributed by atoms with Crippen molar-refractivity contribution in [1.29, 1.82) is 0 Å². The van der Waals surface area contributed by atoms with E-state index in [0.717, 1.165) is 0 Å². The zero-order valence-electron chi connectivity index (χ0n) is 8.72. The fourth-order valence-electron chi connectivity index (χ4n) is 1.14. The van der Waals surface area contributed by atoms with Gasteiger partial charge in [-0.1, -0.05) is 6.92 Å². The van der Waals surface area contributed by atoms with E-state index in [1.54, 1.807) is 0 Å². The molecule has 0 rings (SSSR count). The summed E-state index contributed by atoms with van der Waals surface area (Å²) < 4.78 is 0. The van der Waals surface area contributed by atoms with Crippen molar-refractivity contribution in [3.8, 4) is 0 Å². The Morgan fingerprint density at radius 1 is 0.688 bits per heavy atom. The molecule has 0 amide bonds. The number of aliphatic hydroxyl groups is 7. The highest BCUT2D eigenvalue weighted by Gasteiger charge is 2.36. The molecule has 0 saturated carbocycles. The molecule has 0 aliphatic carbocycles. The van der Waals surface area contributed by atoms with Gasteiger partial charge in [0.1, 0.15) is 30.5 Å². The summed E-state index contributed by atoms with van der Waals surface area (Å²) in [6.07, 6.45) is -10.4. The topological polar surface area (TPSA) is 142 Å². The average molecular weight is 239 g/mol. The third-order valence-electron chi connectivity index (χ3n) is 2.32. The van der Waals surface area contributed by atoms with Crippen molar-refractivity contribution in [1.82, 2.24) is 0 Å². The van der Waals surface area contributed by atoms with Crippen LogP contribution >= 0.6 is 0 Å². The van der Waals surface area contributed by atoms with E-state index in [4.69, 9.17) is 15.3 Å². The number of hydrogen-bond acceptors (Lipinski definition) is 7. The Balaban J connectivity index is 4.41. The molecule has 0 saturated heterocycles. The molecule has 6 atom stereocenters. The summed E-state index contributed by atoms with van der Waals surface area (Å²) in [5, 5.41) is 63.9. The third-order valence-corrected chi connectivity index (χ3v) is 2.32. The van der Waals surface area contributed by atoms with E-state index in [9.17, 15) is 20.4 Å². The molecular formula is C9H19O7. The Kier molecular flexibility index (Phi) is 7.00. The molecule has 7 N–H and O–H groups in total. The highest BCUT2D eigenvalue weighted by molar-refractivity contribution is 4.87.